The van der Waals surface area contributed by atoms with Crippen LogP contribution in [0.2, 0.25) is 0 Å². The minimum absolute atomic E-state index is 0.0112. The molecule has 0 spiro atoms. The zero-order valence-corrected chi connectivity index (χ0v) is 42.3. The Balaban J connectivity index is 1.31. The van der Waals surface area contributed by atoms with Gasteiger partial charge in [-0.1, -0.05) is 94.0 Å². The van der Waals surface area contributed by atoms with E-state index in [1.807, 2.05) is 0 Å². The molecule has 3 rings (SSSR count). The number of imidazole rings is 1. The molecule has 69 heavy (non-hydrogen) atoms. The number of phosphoric ester groups is 3. The fourth-order valence-corrected chi connectivity index (χ4v) is 9.84. The molecule has 28 heteroatoms. The van der Waals surface area contributed by atoms with Gasteiger partial charge in [0, 0.05) is 37.1 Å². The molecule has 0 aromatic carbocycles. The standard InChI is InChI=1S/C41H66N7O17P3S/c1-4-5-6-7-8-9-10-11-12-13-14-15-16-17-18-19-20-21-32(50)69-25-24-43-31(49)22-23-44-39(53)36(52)41(2,3)27-62-68(59,60)65-67(57,58)61-26-30-35(64-66(54,55)56)34(51)40(63-30)48-29-47-33-37(42)45-28-46-38(33)48/h8-9,11-12,14-15,17-18,28-30,34-36,40,51-52H,4-7,10,13,16,19-27H2,1-3H3,(H,43,49)(H,44,53)(H,57,58)(H,59,60)(H2,42,45,46)(H2,54,55,56)/b9-8+,12-11+,15-14+,18-17+. The third-order valence-corrected chi connectivity index (χ3v) is 14.0. The number of carbonyl (C=O) groups is 3. The van der Waals surface area contributed by atoms with Crippen LogP contribution in [-0.4, -0.2) is 123 Å². The second-order valence-electron chi connectivity index (χ2n) is 16.3. The van der Waals surface area contributed by atoms with E-state index in [4.69, 9.17) is 19.5 Å². The Bertz CT molecular complexity index is 2220. The van der Waals surface area contributed by atoms with Crippen molar-refractivity contribution in [2.75, 3.05) is 37.8 Å². The molecule has 388 valence electrons. The van der Waals surface area contributed by atoms with E-state index in [9.17, 15) is 57.9 Å². The third kappa shape index (κ3) is 22.6. The minimum atomic E-state index is -5.58. The van der Waals surface area contributed by atoms with E-state index in [1.165, 1.54) is 33.1 Å². The molecule has 7 unspecified atom stereocenters. The van der Waals surface area contributed by atoms with Crippen LogP contribution in [0.5, 0.6) is 0 Å². The van der Waals surface area contributed by atoms with Crippen LogP contribution in [0, 0.1) is 5.41 Å². The van der Waals surface area contributed by atoms with Crippen LogP contribution in [0.4, 0.5) is 5.82 Å². The third-order valence-electron chi connectivity index (χ3n) is 9.97. The molecular weight excluding hydrogens is 987 g/mol. The zero-order valence-electron chi connectivity index (χ0n) is 38.8. The minimum Gasteiger partial charge on any atom is -0.386 e. The van der Waals surface area contributed by atoms with Gasteiger partial charge in [-0.25, -0.2) is 28.6 Å². The molecule has 0 aliphatic carbocycles. The van der Waals surface area contributed by atoms with Crippen molar-refractivity contribution >= 4 is 69.1 Å². The molecule has 10 N–H and O–H groups in total. The van der Waals surface area contributed by atoms with Crippen LogP contribution in [0.1, 0.15) is 97.6 Å². The molecule has 1 saturated heterocycles. The van der Waals surface area contributed by atoms with E-state index in [0.717, 1.165) is 61.1 Å². The highest BCUT2D eigenvalue weighted by atomic mass is 32.2. The van der Waals surface area contributed by atoms with Gasteiger partial charge >= 0.3 is 23.5 Å². The van der Waals surface area contributed by atoms with Crippen molar-refractivity contribution in [3.05, 3.63) is 61.3 Å². The predicted octanol–water partition coefficient (Wildman–Crippen LogP) is 4.81. The van der Waals surface area contributed by atoms with Gasteiger partial charge in [0.25, 0.3) is 0 Å². The van der Waals surface area contributed by atoms with Crippen LogP contribution in [-0.2, 0) is 50.7 Å². The first-order chi connectivity index (χ1) is 32.6. The van der Waals surface area contributed by atoms with E-state index in [1.54, 1.807) is 0 Å². The summed E-state index contributed by atoms with van der Waals surface area (Å²) in [5.74, 6) is -1.09. The SMILES string of the molecule is CCCCC/C=C/C/C=C/C/C=C/C/C=C/CCCC(=O)SCCNC(=O)CCNC(=O)C(O)C(C)(C)COP(=O)(O)OP(=O)(O)OCC1OC(n2cnc3c(N)ncnc32)C(O)C1OP(=O)(O)O. The lowest BCUT2D eigenvalue weighted by Gasteiger charge is -2.30. The first-order valence-electron chi connectivity index (χ1n) is 22.2. The van der Waals surface area contributed by atoms with E-state index >= 15 is 0 Å². The molecule has 1 aliphatic heterocycles. The number of unbranched alkanes of at least 4 members (excludes halogenated alkanes) is 4. The van der Waals surface area contributed by atoms with Gasteiger partial charge in [0.15, 0.2) is 22.8 Å². The van der Waals surface area contributed by atoms with E-state index in [-0.39, 0.29) is 41.6 Å². The highest BCUT2D eigenvalue weighted by Crippen LogP contribution is 2.61. The average Bonchev–Trinajstić information content (AvgIpc) is 3.84. The van der Waals surface area contributed by atoms with Gasteiger partial charge in [-0.05, 0) is 44.9 Å². The molecule has 24 nitrogen and oxygen atoms in total. The Morgan fingerprint density at radius 1 is 0.884 bits per heavy atom. The van der Waals surface area contributed by atoms with Gasteiger partial charge in [0.1, 0.15) is 36.3 Å². The number of ether oxygens (including phenoxy) is 1. The summed E-state index contributed by atoms with van der Waals surface area (Å²) in [6.07, 6.45) is 19.7. The molecule has 2 amide bonds. The van der Waals surface area contributed by atoms with Gasteiger partial charge < -0.3 is 50.9 Å². The molecule has 0 radical (unpaired) electrons. The summed E-state index contributed by atoms with van der Waals surface area (Å²) in [5, 5.41) is 26.6. The number of amides is 2. The number of nitrogens with zero attached hydrogens (tertiary/aromatic N) is 4. The maximum Gasteiger partial charge on any atom is 0.481 e. The maximum atomic E-state index is 12.7. The summed E-state index contributed by atoms with van der Waals surface area (Å²) in [4.78, 5) is 88.3. The van der Waals surface area contributed by atoms with Crippen molar-refractivity contribution in [3.8, 4) is 0 Å². The lowest BCUT2D eigenvalue weighted by molar-refractivity contribution is -0.137. The summed E-state index contributed by atoms with van der Waals surface area (Å²) in [5.41, 5.74) is 4.27. The predicted molar refractivity (Wildman–Crippen MR) is 256 cm³/mol. The van der Waals surface area contributed by atoms with Crippen molar-refractivity contribution in [1.82, 2.24) is 30.2 Å². The number of rotatable bonds is 33. The number of hydrogen-bond acceptors (Lipinski definition) is 18. The fourth-order valence-electron chi connectivity index (χ4n) is 6.29. The molecule has 7 atom stereocenters. The van der Waals surface area contributed by atoms with Gasteiger partial charge in [-0.3, -0.25) is 32.5 Å². The number of aliphatic hydroxyl groups excluding tert-OH is 2. The normalized spacial score (nSPS) is 20.3. The Labute approximate surface area is 405 Å². The van der Waals surface area contributed by atoms with Crippen LogP contribution in [0.15, 0.2) is 61.3 Å². The fraction of sp³-hybridized carbons (Fsp3) is 0.610. The lowest BCUT2D eigenvalue weighted by Crippen LogP contribution is -2.46. The number of carbonyl (C=O) groups excluding carboxylic acids is 3. The van der Waals surface area contributed by atoms with Crippen molar-refractivity contribution in [2.24, 2.45) is 5.41 Å². The van der Waals surface area contributed by atoms with E-state index in [0.29, 0.717) is 18.6 Å². The van der Waals surface area contributed by atoms with E-state index in [2.05, 4.69) is 90.0 Å². The monoisotopic (exact) mass is 1050 g/mol. The molecule has 2 aromatic heterocycles. The number of nitrogens with two attached hydrogens (primary N) is 1. The molecule has 1 fully saturated rings. The Morgan fingerprint density at radius 3 is 2.14 bits per heavy atom. The summed E-state index contributed by atoms with van der Waals surface area (Å²) in [6.45, 7) is 2.71. The molecule has 0 bridgehead atoms. The Kier molecular flexibility index (Phi) is 25.8. The molecule has 1 aliphatic rings. The van der Waals surface area contributed by atoms with Crippen LogP contribution in [0.25, 0.3) is 11.2 Å². The van der Waals surface area contributed by atoms with Crippen molar-refractivity contribution < 1.29 is 80.5 Å². The van der Waals surface area contributed by atoms with E-state index < -0.39 is 84.6 Å². The average molecular weight is 1050 g/mol. The number of thioether (sulfide) groups is 1. The van der Waals surface area contributed by atoms with Gasteiger partial charge in [0.05, 0.1) is 19.5 Å². The quantitative estimate of drug-likeness (QED) is 0.0263. The maximum absolute atomic E-state index is 12.7. The summed E-state index contributed by atoms with van der Waals surface area (Å²) < 4.78 is 62.4. The first kappa shape index (κ1) is 59.8. The number of anilines is 1. The smallest absolute Gasteiger partial charge is 0.386 e. The van der Waals surface area contributed by atoms with Gasteiger partial charge in [0.2, 0.25) is 11.8 Å². The lowest BCUT2D eigenvalue weighted by atomic mass is 9.87. The highest BCUT2D eigenvalue weighted by molar-refractivity contribution is 8.13. The van der Waals surface area contributed by atoms with Gasteiger partial charge in [-0.15, -0.1) is 0 Å². The molecular formula is C41H66N7O17P3S. The molecule has 2 aromatic rings. The number of nitrogens with one attached hydrogen (secondary N) is 2. The molecule has 3 heterocycles. The van der Waals surface area contributed by atoms with Crippen LogP contribution >= 0.6 is 35.2 Å². The largest absolute Gasteiger partial charge is 0.481 e. The van der Waals surface area contributed by atoms with Crippen molar-refractivity contribution in [2.45, 2.75) is 122 Å². The number of fused-ring (bicyclic) bond motifs is 1. The number of aliphatic hydroxyl groups is 2. The second-order valence-corrected chi connectivity index (χ2v) is 21.7. The van der Waals surface area contributed by atoms with Crippen molar-refractivity contribution in [3.63, 3.8) is 0 Å². The second kappa shape index (κ2) is 29.8. The number of nitrogen functional groups attached to an aromatic ring is 1. The summed E-state index contributed by atoms with van der Waals surface area (Å²) >= 11 is 1.11. The number of phosphoric acid groups is 3. The highest BCUT2D eigenvalue weighted by Gasteiger charge is 2.50. The molecule has 0 saturated carbocycles. The Morgan fingerprint density at radius 2 is 1.51 bits per heavy atom. The summed E-state index contributed by atoms with van der Waals surface area (Å²) in [6, 6.07) is 0. The van der Waals surface area contributed by atoms with Gasteiger partial charge in [-0.2, -0.15) is 4.31 Å². The topological polar surface area (TPSA) is 364 Å². The summed E-state index contributed by atoms with van der Waals surface area (Å²) in [7, 11) is -16.4. The number of hydrogen-bond donors (Lipinski definition) is 9. The number of aromatic nitrogens is 4. The van der Waals surface area contributed by atoms with Crippen LogP contribution in [0.3, 0.4) is 0 Å². The Hall–Kier alpha value is -3.48. The van der Waals surface area contributed by atoms with Crippen molar-refractivity contribution in [1.29, 1.82) is 0 Å². The number of allylic oxidation sites excluding steroid dienone is 8. The first-order valence-corrected chi connectivity index (χ1v) is 27.7. The zero-order chi connectivity index (χ0) is 51.1. The van der Waals surface area contributed by atoms with Crippen LogP contribution < -0.4 is 16.4 Å².